The van der Waals surface area contributed by atoms with Crippen LogP contribution in [0.1, 0.15) is 107 Å². The Morgan fingerprint density at radius 3 is 0.972 bits per heavy atom. The summed E-state index contributed by atoms with van der Waals surface area (Å²) in [5.41, 5.74) is 4.14. The second-order valence-electron chi connectivity index (χ2n) is 10.0. The number of hydrogen-bond donors (Lipinski definition) is 0. The first kappa shape index (κ1) is 30.8. The molecule has 0 nitrogen and oxygen atoms in total. The van der Waals surface area contributed by atoms with E-state index in [9.17, 15) is 0 Å². The molecule has 1 atom stereocenters. The highest BCUT2D eigenvalue weighted by Crippen LogP contribution is 2.43. The van der Waals surface area contributed by atoms with Crippen molar-refractivity contribution in [2.45, 2.75) is 95.3 Å². The van der Waals surface area contributed by atoms with E-state index >= 15 is 0 Å². The van der Waals surface area contributed by atoms with E-state index in [4.69, 9.17) is 0 Å². The molecule has 0 aliphatic rings. The largest absolute Gasteiger partial charge is 0.153 e. The SMILES string of the molecule is BrCCCCCCCCCCCCCCCC(c1ccccc1)(c1ccccc1)c1ccccc1.P. The molecule has 2 heteroatoms. The minimum Gasteiger partial charge on any atom is -0.153 e. The van der Waals surface area contributed by atoms with Gasteiger partial charge in [-0.3, -0.25) is 0 Å². The highest BCUT2D eigenvalue weighted by Gasteiger charge is 2.35. The molecule has 0 spiro atoms. The van der Waals surface area contributed by atoms with Gasteiger partial charge in [-0.25, -0.2) is 0 Å². The van der Waals surface area contributed by atoms with Gasteiger partial charge < -0.3 is 0 Å². The molecule has 1 unspecified atom stereocenters. The van der Waals surface area contributed by atoms with Gasteiger partial charge in [0.05, 0.1) is 0 Å². The second kappa shape index (κ2) is 18.8. The lowest BCUT2D eigenvalue weighted by molar-refractivity contribution is 0.491. The Morgan fingerprint density at radius 2 is 0.667 bits per heavy atom. The number of rotatable bonds is 18. The summed E-state index contributed by atoms with van der Waals surface area (Å²) in [5.74, 6) is 0. The topological polar surface area (TPSA) is 0 Å². The van der Waals surface area contributed by atoms with Crippen LogP contribution in [0.15, 0.2) is 91.0 Å². The molecule has 0 aromatic heterocycles. The van der Waals surface area contributed by atoms with Crippen LogP contribution < -0.4 is 0 Å². The molecule has 0 saturated carbocycles. The maximum absolute atomic E-state index is 3.52. The zero-order valence-corrected chi connectivity index (χ0v) is 25.4. The van der Waals surface area contributed by atoms with Gasteiger partial charge in [-0.15, -0.1) is 0 Å². The highest BCUT2D eigenvalue weighted by molar-refractivity contribution is 9.09. The number of alkyl halides is 1. The van der Waals surface area contributed by atoms with Gasteiger partial charge in [-0.05, 0) is 29.5 Å². The van der Waals surface area contributed by atoms with E-state index in [2.05, 4.69) is 107 Å². The average molecular weight is 568 g/mol. The van der Waals surface area contributed by atoms with E-state index in [0.717, 1.165) is 6.42 Å². The maximum Gasteiger partial charge on any atom is 0.0451 e. The zero-order valence-electron chi connectivity index (χ0n) is 22.4. The van der Waals surface area contributed by atoms with Crippen LogP contribution >= 0.6 is 25.8 Å². The molecule has 0 fully saturated rings. The van der Waals surface area contributed by atoms with Gasteiger partial charge in [0.15, 0.2) is 0 Å². The summed E-state index contributed by atoms with van der Waals surface area (Å²) in [5, 5.41) is 1.17. The fourth-order valence-corrected chi connectivity index (χ4v) is 5.93. The highest BCUT2D eigenvalue weighted by atomic mass is 79.9. The van der Waals surface area contributed by atoms with Crippen molar-refractivity contribution in [3.63, 3.8) is 0 Å². The number of unbranched alkanes of at least 4 members (excludes halogenated alkanes) is 12. The smallest absolute Gasteiger partial charge is 0.0451 e. The van der Waals surface area contributed by atoms with E-state index in [1.54, 1.807) is 0 Å². The van der Waals surface area contributed by atoms with Crippen LogP contribution in [-0.2, 0) is 5.41 Å². The summed E-state index contributed by atoms with van der Waals surface area (Å²) in [6.07, 6.45) is 19.2. The Kier molecular flexibility index (Phi) is 16.0. The summed E-state index contributed by atoms with van der Waals surface area (Å²) >= 11 is 3.52. The van der Waals surface area contributed by atoms with E-state index in [1.807, 2.05) is 0 Å². The van der Waals surface area contributed by atoms with E-state index in [0.29, 0.717) is 0 Å². The first-order chi connectivity index (χ1) is 17.4. The lowest BCUT2D eigenvalue weighted by Gasteiger charge is -2.36. The molecular formula is C34H48BrP. The maximum atomic E-state index is 3.52. The Balaban J connectivity index is 0.00000456. The van der Waals surface area contributed by atoms with Crippen molar-refractivity contribution in [1.29, 1.82) is 0 Å². The van der Waals surface area contributed by atoms with Crippen LogP contribution in [0.5, 0.6) is 0 Å². The van der Waals surface area contributed by atoms with Gasteiger partial charge >= 0.3 is 0 Å². The van der Waals surface area contributed by atoms with Crippen molar-refractivity contribution >= 4 is 25.8 Å². The molecule has 0 heterocycles. The second-order valence-corrected chi connectivity index (χ2v) is 10.8. The van der Waals surface area contributed by atoms with Crippen LogP contribution in [0.4, 0.5) is 0 Å². The molecular weight excluding hydrogens is 519 g/mol. The van der Waals surface area contributed by atoms with Gasteiger partial charge in [0.25, 0.3) is 0 Å². The van der Waals surface area contributed by atoms with Crippen molar-refractivity contribution in [1.82, 2.24) is 0 Å². The minimum atomic E-state index is -0.0850. The Hall–Kier alpha value is -1.43. The Bertz CT molecular complexity index is 798. The summed E-state index contributed by atoms with van der Waals surface area (Å²) < 4.78 is 0. The van der Waals surface area contributed by atoms with Crippen LogP contribution in [0.25, 0.3) is 0 Å². The molecule has 0 radical (unpaired) electrons. The third-order valence-electron chi connectivity index (χ3n) is 7.49. The number of halogens is 1. The van der Waals surface area contributed by atoms with E-state index in [1.165, 1.54) is 105 Å². The molecule has 0 amide bonds. The molecule has 3 aromatic carbocycles. The molecule has 0 bridgehead atoms. The van der Waals surface area contributed by atoms with Crippen molar-refractivity contribution < 1.29 is 0 Å². The van der Waals surface area contributed by atoms with Crippen molar-refractivity contribution in [2.24, 2.45) is 0 Å². The fourth-order valence-electron chi connectivity index (χ4n) is 5.53. The third-order valence-corrected chi connectivity index (χ3v) is 8.05. The van der Waals surface area contributed by atoms with Crippen LogP contribution in [0.3, 0.4) is 0 Å². The molecule has 36 heavy (non-hydrogen) atoms. The van der Waals surface area contributed by atoms with Crippen LogP contribution in [0, 0.1) is 0 Å². The first-order valence-corrected chi connectivity index (χ1v) is 15.2. The monoisotopic (exact) mass is 566 g/mol. The molecule has 0 aliphatic carbocycles. The standard InChI is InChI=1S/C34H45Br.H3P/c35-30-22-11-9-7-5-3-1-2-4-6-8-10-21-29-34(31-23-15-12-16-24-31,32-25-17-13-18-26-32)33-27-19-14-20-28-33;/h12-20,23-28H,1-11,21-22,29-30H2;1H3. The van der Waals surface area contributed by atoms with Crippen molar-refractivity contribution in [3.05, 3.63) is 108 Å². The lowest BCUT2D eigenvalue weighted by atomic mass is 9.66. The summed E-state index contributed by atoms with van der Waals surface area (Å²) in [6, 6.07) is 33.5. The summed E-state index contributed by atoms with van der Waals surface area (Å²) in [6.45, 7) is 0. The fraction of sp³-hybridized carbons (Fsp3) is 0.471. The predicted octanol–water partition coefficient (Wildman–Crippen LogP) is 10.9. The lowest BCUT2D eigenvalue weighted by Crippen LogP contribution is -2.29. The minimum absolute atomic E-state index is 0. The number of hydrogen-bond acceptors (Lipinski definition) is 0. The predicted molar refractivity (Wildman–Crippen MR) is 169 cm³/mol. The average Bonchev–Trinajstić information content (AvgIpc) is 2.93. The van der Waals surface area contributed by atoms with Gasteiger partial charge in [0, 0.05) is 10.7 Å². The van der Waals surface area contributed by atoms with E-state index in [-0.39, 0.29) is 15.3 Å². The van der Waals surface area contributed by atoms with E-state index < -0.39 is 0 Å². The van der Waals surface area contributed by atoms with Crippen molar-refractivity contribution in [2.75, 3.05) is 5.33 Å². The Morgan fingerprint density at radius 1 is 0.389 bits per heavy atom. The van der Waals surface area contributed by atoms with Gasteiger partial charge in [0.1, 0.15) is 0 Å². The zero-order chi connectivity index (χ0) is 24.4. The molecule has 0 saturated heterocycles. The van der Waals surface area contributed by atoms with Gasteiger partial charge in [-0.1, -0.05) is 184 Å². The van der Waals surface area contributed by atoms with Gasteiger partial charge in [0.2, 0.25) is 0 Å². The first-order valence-electron chi connectivity index (χ1n) is 14.1. The van der Waals surface area contributed by atoms with Gasteiger partial charge in [-0.2, -0.15) is 9.90 Å². The molecule has 3 aromatic rings. The summed E-state index contributed by atoms with van der Waals surface area (Å²) in [7, 11) is 0. The number of benzene rings is 3. The third kappa shape index (κ3) is 9.79. The molecule has 196 valence electrons. The summed E-state index contributed by atoms with van der Waals surface area (Å²) in [4.78, 5) is 0. The van der Waals surface area contributed by atoms with Crippen molar-refractivity contribution in [3.8, 4) is 0 Å². The molecule has 0 aliphatic heterocycles. The molecule has 3 rings (SSSR count). The quantitative estimate of drug-likeness (QED) is 0.0621. The molecule has 0 N–H and O–H groups in total. The normalized spacial score (nSPS) is 11.2. The van der Waals surface area contributed by atoms with Crippen LogP contribution in [0.2, 0.25) is 0 Å². The van der Waals surface area contributed by atoms with Crippen LogP contribution in [-0.4, -0.2) is 5.33 Å². The Labute approximate surface area is 233 Å².